The zero-order valence-electron chi connectivity index (χ0n) is 14.3. The fourth-order valence-electron chi connectivity index (χ4n) is 1.92. The molecular weight excluding hydrogens is 268 g/mol. The first kappa shape index (κ1) is 20.4. The lowest BCUT2D eigenvalue weighted by Gasteiger charge is -2.23. The third kappa shape index (κ3) is 11.7. The van der Waals surface area contributed by atoms with Crippen LogP contribution in [0.3, 0.4) is 0 Å². The molecular formula is C17H34O4. The van der Waals surface area contributed by atoms with Crippen molar-refractivity contribution >= 4 is 5.97 Å². The Morgan fingerprint density at radius 1 is 1.00 bits per heavy atom. The van der Waals surface area contributed by atoms with E-state index in [2.05, 4.69) is 6.92 Å². The predicted octanol–water partition coefficient (Wildman–Crippen LogP) is 5.11. The predicted molar refractivity (Wildman–Crippen MR) is 85.2 cm³/mol. The molecule has 0 aromatic rings. The molecule has 0 saturated heterocycles. The Balaban J connectivity index is 3.73. The summed E-state index contributed by atoms with van der Waals surface area (Å²) >= 11 is 0. The van der Waals surface area contributed by atoms with Crippen molar-refractivity contribution in [1.29, 1.82) is 0 Å². The topological polar surface area (TPSA) is 55.8 Å². The normalized spacial score (nSPS) is 13.3. The van der Waals surface area contributed by atoms with Gasteiger partial charge in [0.25, 0.3) is 0 Å². The maximum atomic E-state index is 11.1. The highest BCUT2D eigenvalue weighted by atomic mass is 17.2. The van der Waals surface area contributed by atoms with E-state index in [-0.39, 0.29) is 0 Å². The first-order chi connectivity index (χ1) is 9.93. The largest absolute Gasteiger partial charge is 0.479 e. The van der Waals surface area contributed by atoms with Crippen molar-refractivity contribution in [2.75, 3.05) is 0 Å². The summed E-state index contributed by atoms with van der Waals surface area (Å²) in [6.07, 6.45) is 10.0. The van der Waals surface area contributed by atoms with Gasteiger partial charge in [-0.1, -0.05) is 65.2 Å². The van der Waals surface area contributed by atoms with Gasteiger partial charge < -0.3 is 5.11 Å². The molecule has 0 spiro atoms. The second kappa shape index (κ2) is 12.0. The highest BCUT2D eigenvalue weighted by Crippen LogP contribution is 2.17. The summed E-state index contributed by atoms with van der Waals surface area (Å²) in [7, 11) is 0. The lowest BCUT2D eigenvalue weighted by Crippen LogP contribution is -2.31. The number of carboxylic acids is 1. The van der Waals surface area contributed by atoms with Crippen molar-refractivity contribution in [3.8, 4) is 0 Å². The number of hydrogen-bond donors (Lipinski definition) is 1. The lowest BCUT2D eigenvalue weighted by molar-refractivity contribution is -0.373. The van der Waals surface area contributed by atoms with Crippen molar-refractivity contribution in [2.45, 2.75) is 104 Å². The number of hydrogen-bond acceptors (Lipinski definition) is 3. The average Bonchev–Trinajstić information content (AvgIpc) is 2.44. The summed E-state index contributed by atoms with van der Waals surface area (Å²) < 4.78 is 0. The first-order valence-corrected chi connectivity index (χ1v) is 8.50. The molecule has 0 aliphatic heterocycles. The van der Waals surface area contributed by atoms with Crippen LogP contribution in [-0.4, -0.2) is 22.8 Å². The number of unbranched alkanes of at least 4 members (excludes halogenated alkanes) is 7. The Kier molecular flexibility index (Phi) is 11.6. The van der Waals surface area contributed by atoms with Gasteiger partial charge in [-0.15, -0.1) is 0 Å². The van der Waals surface area contributed by atoms with Gasteiger partial charge in [0.05, 0.1) is 5.60 Å². The average molecular weight is 302 g/mol. The Hall–Kier alpha value is -0.610. The number of rotatable bonds is 14. The van der Waals surface area contributed by atoms with E-state index in [1.54, 1.807) is 0 Å². The molecule has 0 bridgehead atoms. The minimum atomic E-state index is -0.940. The van der Waals surface area contributed by atoms with Crippen LogP contribution in [0.15, 0.2) is 0 Å². The SMILES string of the molecule is CCCCCCCCCCC(OOC(C)(C)CC)C(=O)O. The van der Waals surface area contributed by atoms with Crippen LogP contribution >= 0.6 is 0 Å². The van der Waals surface area contributed by atoms with Crippen molar-refractivity contribution in [3.63, 3.8) is 0 Å². The zero-order valence-corrected chi connectivity index (χ0v) is 14.3. The van der Waals surface area contributed by atoms with Crippen molar-refractivity contribution in [1.82, 2.24) is 0 Å². The van der Waals surface area contributed by atoms with Gasteiger partial charge in [0.15, 0.2) is 6.10 Å². The fourth-order valence-corrected chi connectivity index (χ4v) is 1.92. The van der Waals surface area contributed by atoms with E-state index in [1.807, 2.05) is 20.8 Å². The Morgan fingerprint density at radius 2 is 1.52 bits per heavy atom. The molecule has 0 aromatic heterocycles. The molecule has 0 rings (SSSR count). The van der Waals surface area contributed by atoms with Gasteiger partial charge in [0, 0.05) is 0 Å². The van der Waals surface area contributed by atoms with E-state index >= 15 is 0 Å². The van der Waals surface area contributed by atoms with Gasteiger partial charge in [-0.3, -0.25) is 0 Å². The van der Waals surface area contributed by atoms with Gasteiger partial charge in [-0.05, 0) is 26.7 Å². The fraction of sp³-hybridized carbons (Fsp3) is 0.941. The highest BCUT2D eigenvalue weighted by molar-refractivity contribution is 5.72. The van der Waals surface area contributed by atoms with Crippen LogP contribution in [0.2, 0.25) is 0 Å². The second-order valence-electron chi connectivity index (χ2n) is 6.38. The monoisotopic (exact) mass is 302 g/mol. The van der Waals surface area contributed by atoms with Crippen LogP contribution in [-0.2, 0) is 14.6 Å². The molecule has 126 valence electrons. The standard InChI is InChI=1S/C17H34O4/c1-5-7-8-9-10-11-12-13-14-15(16(18)19)20-21-17(3,4)6-2/h15H,5-14H2,1-4H3,(H,18,19). The Labute approximate surface area is 130 Å². The van der Waals surface area contributed by atoms with Crippen molar-refractivity contribution < 1.29 is 19.7 Å². The summed E-state index contributed by atoms with van der Waals surface area (Å²) in [5.74, 6) is -0.940. The summed E-state index contributed by atoms with van der Waals surface area (Å²) in [5, 5.41) is 9.14. The van der Waals surface area contributed by atoms with E-state index in [0.717, 1.165) is 19.3 Å². The third-order valence-corrected chi connectivity index (χ3v) is 3.84. The molecule has 0 heterocycles. The maximum Gasteiger partial charge on any atom is 0.336 e. The number of carboxylic acid groups (broad SMARTS) is 1. The molecule has 4 heteroatoms. The van der Waals surface area contributed by atoms with E-state index in [4.69, 9.17) is 14.9 Å². The number of carbonyl (C=O) groups is 1. The number of aliphatic carboxylic acids is 1. The summed E-state index contributed by atoms with van der Waals surface area (Å²) in [4.78, 5) is 21.5. The van der Waals surface area contributed by atoms with Crippen LogP contribution in [0.4, 0.5) is 0 Å². The summed E-state index contributed by atoms with van der Waals surface area (Å²) in [6.45, 7) is 7.98. The quantitative estimate of drug-likeness (QED) is 0.275. The molecule has 1 N–H and O–H groups in total. The van der Waals surface area contributed by atoms with Gasteiger partial charge in [-0.25, -0.2) is 14.6 Å². The van der Waals surface area contributed by atoms with Gasteiger partial charge in [-0.2, -0.15) is 0 Å². The van der Waals surface area contributed by atoms with Crippen molar-refractivity contribution in [3.05, 3.63) is 0 Å². The van der Waals surface area contributed by atoms with Gasteiger partial charge >= 0.3 is 5.97 Å². The zero-order chi connectivity index (χ0) is 16.1. The van der Waals surface area contributed by atoms with Crippen LogP contribution < -0.4 is 0 Å². The molecule has 0 aromatic carbocycles. The van der Waals surface area contributed by atoms with E-state index in [9.17, 15) is 4.79 Å². The van der Waals surface area contributed by atoms with Gasteiger partial charge in [0.2, 0.25) is 0 Å². The minimum absolute atomic E-state index is 0.438. The second-order valence-corrected chi connectivity index (χ2v) is 6.38. The lowest BCUT2D eigenvalue weighted by atomic mass is 10.1. The molecule has 0 fully saturated rings. The van der Waals surface area contributed by atoms with Crippen LogP contribution in [0.1, 0.15) is 91.9 Å². The maximum absolute atomic E-state index is 11.1. The van der Waals surface area contributed by atoms with Crippen LogP contribution in [0.25, 0.3) is 0 Å². The smallest absolute Gasteiger partial charge is 0.336 e. The molecule has 1 atom stereocenters. The molecule has 4 nitrogen and oxygen atoms in total. The van der Waals surface area contributed by atoms with Gasteiger partial charge in [0.1, 0.15) is 0 Å². The molecule has 0 amide bonds. The molecule has 1 unspecified atom stereocenters. The molecule has 0 aliphatic carbocycles. The molecule has 0 aliphatic rings. The summed E-state index contributed by atoms with van der Waals surface area (Å²) in [5.41, 5.74) is -0.438. The highest BCUT2D eigenvalue weighted by Gasteiger charge is 2.24. The van der Waals surface area contributed by atoms with E-state index in [1.165, 1.54) is 38.5 Å². The minimum Gasteiger partial charge on any atom is -0.479 e. The van der Waals surface area contributed by atoms with Crippen LogP contribution in [0, 0.1) is 0 Å². The molecule has 21 heavy (non-hydrogen) atoms. The van der Waals surface area contributed by atoms with E-state index in [0.29, 0.717) is 6.42 Å². The van der Waals surface area contributed by atoms with E-state index < -0.39 is 17.7 Å². The Bertz CT molecular complexity index is 264. The summed E-state index contributed by atoms with van der Waals surface area (Å²) in [6, 6.07) is 0. The first-order valence-electron chi connectivity index (χ1n) is 8.50. The Morgan fingerprint density at radius 3 is 2.00 bits per heavy atom. The van der Waals surface area contributed by atoms with Crippen molar-refractivity contribution in [2.24, 2.45) is 0 Å². The van der Waals surface area contributed by atoms with Crippen LogP contribution in [0.5, 0.6) is 0 Å². The molecule has 0 radical (unpaired) electrons. The third-order valence-electron chi connectivity index (χ3n) is 3.84. The molecule has 0 saturated carbocycles.